The molecule has 0 atom stereocenters. The number of nitrogens with zero attached hydrogens (tertiary/aromatic N) is 5. The third-order valence-electron chi connectivity index (χ3n) is 5.02. The number of aromatic nitrogens is 3. The fourth-order valence-electron chi connectivity index (χ4n) is 3.37. The van der Waals surface area contributed by atoms with Gasteiger partial charge in [0.1, 0.15) is 0 Å². The van der Waals surface area contributed by atoms with Crippen molar-refractivity contribution < 1.29 is 19.1 Å². The maximum Gasteiger partial charge on any atom is 0.259 e. The number of carbonyl (C=O) groups excluding carboxylic acids is 2. The number of nitrogens with two attached hydrogens (primary N) is 2. The summed E-state index contributed by atoms with van der Waals surface area (Å²) in [6.45, 7) is 1.97. The van der Waals surface area contributed by atoms with Crippen molar-refractivity contribution in [1.82, 2.24) is 19.9 Å². The summed E-state index contributed by atoms with van der Waals surface area (Å²) in [5.74, 6) is -1.89. The molecule has 2 aromatic rings. The predicted octanol–water partition coefficient (Wildman–Crippen LogP) is 0.592. The van der Waals surface area contributed by atoms with E-state index in [1.165, 1.54) is 37.1 Å². The van der Waals surface area contributed by atoms with Crippen molar-refractivity contribution >= 4 is 40.5 Å². The van der Waals surface area contributed by atoms with Gasteiger partial charge in [-0.3, -0.25) is 29.4 Å². The van der Waals surface area contributed by atoms with E-state index in [-0.39, 0.29) is 35.1 Å². The molecule has 3 rings (SSSR count). The lowest BCUT2D eigenvalue weighted by atomic mass is 10.1. The van der Waals surface area contributed by atoms with Crippen LogP contribution in [0.5, 0.6) is 0 Å². The van der Waals surface area contributed by atoms with Crippen LogP contribution < -0.4 is 22.1 Å². The van der Waals surface area contributed by atoms with Crippen LogP contribution >= 0.6 is 0 Å². The SMILES string of the molecule is CN=C/C(=C\N)c1cnc(/C(=C\N)C(=O)Nc2cc(NC(=O)CN3CCCC3)cnc2F)cn1.CO. The van der Waals surface area contributed by atoms with Crippen LogP contribution in [-0.4, -0.2) is 76.8 Å². The van der Waals surface area contributed by atoms with E-state index >= 15 is 0 Å². The average Bonchev–Trinajstić information content (AvgIpc) is 3.39. The molecule has 1 aliphatic heterocycles. The number of aliphatic hydroxyl groups excluding tert-OH is 1. The molecule has 36 heavy (non-hydrogen) atoms. The number of amides is 2. The normalized spacial score (nSPS) is 14.3. The van der Waals surface area contributed by atoms with Crippen LogP contribution in [0.1, 0.15) is 24.2 Å². The first-order valence-corrected chi connectivity index (χ1v) is 11.0. The van der Waals surface area contributed by atoms with Crippen LogP contribution in [-0.2, 0) is 9.59 Å². The van der Waals surface area contributed by atoms with Crippen molar-refractivity contribution in [2.75, 3.05) is 44.4 Å². The highest BCUT2D eigenvalue weighted by Crippen LogP contribution is 2.20. The van der Waals surface area contributed by atoms with E-state index in [0.29, 0.717) is 11.3 Å². The molecule has 0 aromatic carbocycles. The largest absolute Gasteiger partial charge is 0.404 e. The van der Waals surface area contributed by atoms with E-state index in [1.54, 1.807) is 7.05 Å². The lowest BCUT2D eigenvalue weighted by Crippen LogP contribution is -2.31. The Labute approximate surface area is 208 Å². The van der Waals surface area contributed by atoms with E-state index in [9.17, 15) is 14.0 Å². The smallest absolute Gasteiger partial charge is 0.259 e. The summed E-state index contributed by atoms with van der Waals surface area (Å²) in [4.78, 5) is 42.9. The van der Waals surface area contributed by atoms with Gasteiger partial charge in [0, 0.05) is 38.3 Å². The Morgan fingerprint density at radius 2 is 1.75 bits per heavy atom. The summed E-state index contributed by atoms with van der Waals surface area (Å²) in [6.07, 6.45) is 9.93. The number of aliphatic imine (C=N–C) groups is 1. The highest BCUT2D eigenvalue weighted by atomic mass is 19.1. The van der Waals surface area contributed by atoms with Crippen LogP contribution in [0.25, 0.3) is 11.1 Å². The van der Waals surface area contributed by atoms with Gasteiger partial charge in [0.2, 0.25) is 11.9 Å². The van der Waals surface area contributed by atoms with Crippen molar-refractivity contribution in [2.24, 2.45) is 16.5 Å². The number of nitrogens with one attached hydrogen (secondary N) is 2. The molecule has 0 bridgehead atoms. The fraction of sp³-hybridized carbons (Fsp3) is 0.304. The zero-order valence-electron chi connectivity index (χ0n) is 20.1. The number of rotatable bonds is 8. The summed E-state index contributed by atoms with van der Waals surface area (Å²) in [5, 5.41) is 12.1. The Morgan fingerprint density at radius 3 is 2.33 bits per heavy atom. The third-order valence-corrected chi connectivity index (χ3v) is 5.02. The van der Waals surface area contributed by atoms with Gasteiger partial charge in [0.05, 0.1) is 53.5 Å². The summed E-state index contributed by atoms with van der Waals surface area (Å²) < 4.78 is 14.3. The van der Waals surface area contributed by atoms with Crippen molar-refractivity contribution in [2.45, 2.75) is 12.8 Å². The molecule has 2 aromatic heterocycles. The summed E-state index contributed by atoms with van der Waals surface area (Å²) >= 11 is 0. The highest BCUT2D eigenvalue weighted by molar-refractivity contribution is 6.24. The van der Waals surface area contributed by atoms with E-state index in [1.807, 2.05) is 4.90 Å². The Kier molecular flexibility index (Phi) is 11.1. The van der Waals surface area contributed by atoms with E-state index < -0.39 is 11.9 Å². The molecule has 0 unspecified atom stereocenters. The van der Waals surface area contributed by atoms with Crippen LogP contribution in [0.3, 0.4) is 0 Å². The number of halogens is 1. The van der Waals surface area contributed by atoms with E-state index in [2.05, 4.69) is 30.6 Å². The molecular formula is C23H30FN9O3. The summed E-state index contributed by atoms with van der Waals surface area (Å²) in [5.41, 5.74) is 12.3. The lowest BCUT2D eigenvalue weighted by molar-refractivity contribution is -0.117. The van der Waals surface area contributed by atoms with Crippen molar-refractivity contribution in [1.29, 1.82) is 0 Å². The fourth-order valence-corrected chi connectivity index (χ4v) is 3.37. The first-order valence-electron chi connectivity index (χ1n) is 11.0. The molecule has 3 heterocycles. The van der Waals surface area contributed by atoms with Gasteiger partial charge >= 0.3 is 0 Å². The van der Waals surface area contributed by atoms with Crippen molar-refractivity contribution in [3.8, 4) is 0 Å². The molecule has 0 spiro atoms. The monoisotopic (exact) mass is 499 g/mol. The first kappa shape index (κ1) is 28.0. The zero-order chi connectivity index (χ0) is 26.5. The Hall–Kier alpha value is -4.23. The molecule has 0 radical (unpaired) electrons. The molecule has 0 saturated carbocycles. The van der Waals surface area contributed by atoms with Gasteiger partial charge in [0.25, 0.3) is 5.91 Å². The molecule has 12 nitrogen and oxygen atoms in total. The molecular weight excluding hydrogens is 469 g/mol. The summed E-state index contributed by atoms with van der Waals surface area (Å²) in [6, 6.07) is 1.29. The molecule has 1 saturated heterocycles. The predicted molar refractivity (Wildman–Crippen MR) is 136 cm³/mol. The molecule has 1 fully saturated rings. The average molecular weight is 500 g/mol. The standard InChI is InChI=1S/C22H26FN9O2.CH4O/c1-26-9-14(7-24)18-11-28-19(12-27-18)16(8-25)22(34)31-17-6-15(10-29-21(17)23)30-20(33)13-32-4-2-3-5-32;1-2/h6-12H,2-5,13,24-25H2,1H3,(H,30,33)(H,31,34);2H,1H3/b14-7+,16-8+,26-9?;. The molecule has 13 heteroatoms. The molecule has 7 N–H and O–H groups in total. The van der Waals surface area contributed by atoms with Crippen LogP contribution in [0.4, 0.5) is 15.8 Å². The van der Waals surface area contributed by atoms with Crippen LogP contribution in [0.2, 0.25) is 0 Å². The number of allylic oxidation sites excluding steroid dienone is 1. The second kappa shape index (κ2) is 14.2. The van der Waals surface area contributed by atoms with Gasteiger partial charge in [-0.2, -0.15) is 4.39 Å². The minimum absolute atomic E-state index is 0.0376. The van der Waals surface area contributed by atoms with E-state index in [4.69, 9.17) is 16.6 Å². The van der Waals surface area contributed by atoms with Gasteiger partial charge < -0.3 is 27.2 Å². The number of pyridine rings is 1. The maximum absolute atomic E-state index is 14.3. The number of likely N-dealkylation sites (tertiary alicyclic amines) is 1. The number of anilines is 2. The topological polar surface area (TPSA) is 185 Å². The quantitative estimate of drug-likeness (QED) is 0.197. The molecule has 2 amide bonds. The zero-order valence-corrected chi connectivity index (χ0v) is 20.1. The first-order chi connectivity index (χ1) is 17.4. The van der Waals surface area contributed by atoms with Crippen LogP contribution in [0, 0.1) is 5.95 Å². The second-order valence-corrected chi connectivity index (χ2v) is 7.42. The second-order valence-electron chi connectivity index (χ2n) is 7.42. The number of carbonyl (C=O) groups is 2. The van der Waals surface area contributed by atoms with Gasteiger partial charge in [-0.1, -0.05) is 0 Å². The third kappa shape index (κ3) is 7.65. The molecule has 192 valence electrons. The van der Waals surface area contributed by atoms with Gasteiger partial charge in [-0.15, -0.1) is 0 Å². The Balaban J connectivity index is 0.00000222. The number of hydrogen-bond donors (Lipinski definition) is 5. The Morgan fingerprint density at radius 1 is 1.08 bits per heavy atom. The number of aliphatic hydroxyl groups is 1. The summed E-state index contributed by atoms with van der Waals surface area (Å²) in [7, 11) is 2.59. The van der Waals surface area contributed by atoms with Gasteiger partial charge in [-0.05, 0) is 32.0 Å². The lowest BCUT2D eigenvalue weighted by Gasteiger charge is -2.14. The Bertz CT molecular complexity index is 1130. The minimum atomic E-state index is -0.916. The van der Waals surface area contributed by atoms with Crippen molar-refractivity contribution in [3.05, 3.63) is 54.4 Å². The van der Waals surface area contributed by atoms with E-state index in [0.717, 1.165) is 39.2 Å². The minimum Gasteiger partial charge on any atom is -0.404 e. The van der Waals surface area contributed by atoms with Crippen LogP contribution in [0.15, 0.2) is 42.0 Å². The number of hydrogen-bond acceptors (Lipinski definition) is 10. The molecule has 0 aliphatic carbocycles. The maximum atomic E-state index is 14.3. The van der Waals surface area contributed by atoms with Gasteiger partial charge in [0.15, 0.2) is 0 Å². The van der Waals surface area contributed by atoms with Gasteiger partial charge in [-0.25, -0.2) is 4.98 Å². The highest BCUT2D eigenvalue weighted by Gasteiger charge is 2.19. The molecule has 1 aliphatic rings. The van der Waals surface area contributed by atoms with Crippen molar-refractivity contribution in [3.63, 3.8) is 0 Å².